The molecule has 212 valence electrons. The van der Waals surface area contributed by atoms with Gasteiger partial charge in [0.2, 0.25) is 5.91 Å². The van der Waals surface area contributed by atoms with Crippen LogP contribution >= 0.6 is 34.4 Å². The first-order valence-electron chi connectivity index (χ1n) is 12.7. The summed E-state index contributed by atoms with van der Waals surface area (Å²) in [5.74, 6) is -0.563. The monoisotopic (exact) mass is 685 g/mol. The number of ether oxygens (including phenoxy) is 2. The Morgan fingerprint density at radius 1 is 0.927 bits per heavy atom. The van der Waals surface area contributed by atoms with Crippen molar-refractivity contribution in [2.45, 2.75) is 20.8 Å². The van der Waals surface area contributed by atoms with Crippen LogP contribution in [0.15, 0.2) is 65.6 Å². The first kappa shape index (κ1) is 30.1. The zero-order valence-corrected chi connectivity index (χ0v) is 25.6. The average molecular weight is 686 g/mol. The summed E-state index contributed by atoms with van der Waals surface area (Å²) in [6, 6.07) is 18.1. The SMILES string of the molecule is CCOc1cc(/C=C2\SC(=O)N(CC(=O)Nc3cccc(C)c3)C2=O)cc(I)c1OCC(=O)Nc1ccc(C)cc1. The highest BCUT2D eigenvalue weighted by Crippen LogP contribution is 2.37. The van der Waals surface area contributed by atoms with Crippen LogP contribution < -0.4 is 20.1 Å². The lowest BCUT2D eigenvalue weighted by Gasteiger charge is -2.15. The van der Waals surface area contributed by atoms with Crippen molar-refractivity contribution in [3.05, 3.63) is 85.8 Å². The van der Waals surface area contributed by atoms with Crippen molar-refractivity contribution >= 4 is 74.8 Å². The van der Waals surface area contributed by atoms with E-state index < -0.39 is 23.6 Å². The zero-order valence-electron chi connectivity index (χ0n) is 22.7. The van der Waals surface area contributed by atoms with Crippen LogP contribution in [0.3, 0.4) is 0 Å². The van der Waals surface area contributed by atoms with Gasteiger partial charge in [0, 0.05) is 11.4 Å². The van der Waals surface area contributed by atoms with Crippen molar-refractivity contribution in [1.82, 2.24) is 4.90 Å². The van der Waals surface area contributed by atoms with Crippen molar-refractivity contribution in [2.75, 3.05) is 30.4 Å². The topological polar surface area (TPSA) is 114 Å². The summed E-state index contributed by atoms with van der Waals surface area (Å²) >= 11 is 2.83. The molecular weight excluding hydrogens is 657 g/mol. The Morgan fingerprint density at radius 2 is 1.66 bits per heavy atom. The highest BCUT2D eigenvalue weighted by Gasteiger charge is 2.36. The van der Waals surface area contributed by atoms with E-state index >= 15 is 0 Å². The Bertz CT molecular complexity index is 1520. The maximum atomic E-state index is 13.0. The molecule has 2 N–H and O–H groups in total. The molecule has 0 radical (unpaired) electrons. The molecule has 0 aliphatic carbocycles. The number of halogens is 1. The highest BCUT2D eigenvalue weighted by atomic mass is 127. The minimum atomic E-state index is -0.555. The Kier molecular flexibility index (Phi) is 10.1. The summed E-state index contributed by atoms with van der Waals surface area (Å²) < 4.78 is 12.2. The number of aryl methyl sites for hydroxylation is 2. The van der Waals surface area contributed by atoms with Gasteiger partial charge in [-0.1, -0.05) is 29.8 Å². The van der Waals surface area contributed by atoms with Crippen LogP contribution in [0.4, 0.5) is 16.2 Å². The Balaban J connectivity index is 1.44. The maximum Gasteiger partial charge on any atom is 0.294 e. The van der Waals surface area contributed by atoms with Crippen molar-refractivity contribution in [3.63, 3.8) is 0 Å². The molecule has 0 atom stereocenters. The lowest BCUT2D eigenvalue weighted by Crippen LogP contribution is -2.36. The number of imide groups is 1. The van der Waals surface area contributed by atoms with Gasteiger partial charge in [0.1, 0.15) is 6.54 Å². The number of nitrogens with zero attached hydrogens (tertiary/aromatic N) is 1. The molecule has 3 aromatic carbocycles. The Morgan fingerprint density at radius 3 is 2.37 bits per heavy atom. The number of hydrogen-bond acceptors (Lipinski definition) is 7. The van der Waals surface area contributed by atoms with Gasteiger partial charge in [-0.3, -0.25) is 24.1 Å². The van der Waals surface area contributed by atoms with Gasteiger partial charge in [-0.05, 0) is 109 Å². The molecule has 1 heterocycles. The fraction of sp³-hybridized carbons (Fsp3) is 0.200. The summed E-state index contributed by atoms with van der Waals surface area (Å²) in [4.78, 5) is 51.6. The molecule has 41 heavy (non-hydrogen) atoms. The number of carbonyl (C=O) groups excluding carboxylic acids is 4. The predicted octanol–water partition coefficient (Wildman–Crippen LogP) is 6.00. The van der Waals surface area contributed by atoms with Crippen LogP contribution in [-0.4, -0.2) is 47.6 Å². The second-order valence-electron chi connectivity index (χ2n) is 9.15. The molecule has 0 bridgehead atoms. The fourth-order valence-electron chi connectivity index (χ4n) is 3.90. The van der Waals surface area contributed by atoms with Gasteiger partial charge in [0.05, 0.1) is 15.1 Å². The maximum absolute atomic E-state index is 13.0. The standard InChI is InChI=1S/C30H28IN3O6S/c1-4-39-24-14-20(13-23(31)28(24)40-17-27(36)32-21-10-8-18(2)9-11-21)15-25-29(37)34(30(38)41-25)16-26(35)33-22-7-5-6-19(3)12-22/h5-15H,4,16-17H2,1-3H3,(H,32,36)(H,33,35)/b25-15-. The van der Waals surface area contributed by atoms with Crippen molar-refractivity contribution in [1.29, 1.82) is 0 Å². The first-order valence-corrected chi connectivity index (χ1v) is 14.6. The largest absolute Gasteiger partial charge is 0.490 e. The zero-order chi connectivity index (χ0) is 29.5. The molecule has 1 saturated heterocycles. The molecule has 1 aliphatic rings. The van der Waals surface area contributed by atoms with Gasteiger partial charge < -0.3 is 20.1 Å². The van der Waals surface area contributed by atoms with Crippen molar-refractivity contribution in [2.24, 2.45) is 0 Å². The van der Waals surface area contributed by atoms with Gasteiger partial charge in [0.15, 0.2) is 18.1 Å². The lowest BCUT2D eigenvalue weighted by molar-refractivity contribution is -0.127. The molecule has 9 nitrogen and oxygen atoms in total. The smallest absolute Gasteiger partial charge is 0.294 e. The van der Waals surface area contributed by atoms with Gasteiger partial charge in [-0.2, -0.15) is 0 Å². The third-order valence-electron chi connectivity index (χ3n) is 5.79. The molecule has 11 heteroatoms. The number of benzene rings is 3. The van der Waals surface area contributed by atoms with E-state index in [2.05, 4.69) is 33.2 Å². The average Bonchev–Trinajstić information content (AvgIpc) is 3.17. The first-order chi connectivity index (χ1) is 19.6. The summed E-state index contributed by atoms with van der Waals surface area (Å²) in [6.07, 6.45) is 1.57. The predicted molar refractivity (Wildman–Crippen MR) is 168 cm³/mol. The minimum absolute atomic E-state index is 0.183. The van der Waals surface area contributed by atoms with E-state index in [1.54, 1.807) is 30.3 Å². The molecule has 0 unspecified atom stereocenters. The molecule has 4 rings (SSSR count). The molecule has 4 amide bonds. The Labute approximate surface area is 255 Å². The fourth-order valence-corrected chi connectivity index (χ4v) is 5.52. The summed E-state index contributed by atoms with van der Waals surface area (Å²) in [5, 5.41) is 4.97. The van der Waals surface area contributed by atoms with Crippen molar-refractivity contribution < 1.29 is 28.7 Å². The molecular formula is C30H28IN3O6S. The number of anilines is 2. The second-order valence-corrected chi connectivity index (χ2v) is 11.3. The van der Waals surface area contributed by atoms with E-state index in [9.17, 15) is 19.2 Å². The third-order valence-corrected chi connectivity index (χ3v) is 7.50. The van der Waals surface area contributed by atoms with Crippen LogP contribution in [-0.2, 0) is 14.4 Å². The van der Waals surface area contributed by atoms with Gasteiger partial charge in [-0.15, -0.1) is 0 Å². The lowest BCUT2D eigenvalue weighted by atomic mass is 10.2. The molecule has 1 aliphatic heterocycles. The normalized spacial score (nSPS) is 13.9. The third kappa shape index (κ3) is 8.10. The van der Waals surface area contributed by atoms with E-state index in [1.165, 1.54) is 0 Å². The van der Waals surface area contributed by atoms with Crippen LogP contribution in [0.25, 0.3) is 6.08 Å². The highest BCUT2D eigenvalue weighted by molar-refractivity contribution is 14.1. The second kappa shape index (κ2) is 13.7. The number of amides is 4. The number of carbonyl (C=O) groups is 4. The van der Waals surface area contributed by atoms with E-state index in [0.717, 1.165) is 27.8 Å². The van der Waals surface area contributed by atoms with Crippen LogP contribution in [0.5, 0.6) is 11.5 Å². The molecule has 3 aromatic rings. The summed E-state index contributed by atoms with van der Waals surface area (Å²) in [5.41, 5.74) is 3.92. The molecule has 1 fully saturated rings. The molecule has 0 saturated carbocycles. The summed E-state index contributed by atoms with van der Waals surface area (Å²) in [6.45, 7) is 5.41. The van der Waals surface area contributed by atoms with E-state index in [-0.39, 0.29) is 17.4 Å². The number of hydrogen-bond donors (Lipinski definition) is 2. The van der Waals surface area contributed by atoms with E-state index in [4.69, 9.17) is 9.47 Å². The quantitative estimate of drug-likeness (QED) is 0.199. The van der Waals surface area contributed by atoms with Gasteiger partial charge >= 0.3 is 0 Å². The Hall–Kier alpha value is -3.84. The van der Waals surface area contributed by atoms with Crippen LogP contribution in [0, 0.1) is 17.4 Å². The molecule has 0 spiro atoms. The number of rotatable bonds is 10. The van der Waals surface area contributed by atoms with E-state index in [1.807, 2.05) is 57.2 Å². The molecule has 0 aromatic heterocycles. The van der Waals surface area contributed by atoms with Gasteiger partial charge in [-0.25, -0.2) is 0 Å². The van der Waals surface area contributed by atoms with Crippen LogP contribution in [0.2, 0.25) is 0 Å². The number of nitrogens with one attached hydrogen (secondary N) is 2. The van der Waals surface area contributed by atoms with E-state index in [0.29, 0.717) is 38.6 Å². The minimum Gasteiger partial charge on any atom is -0.490 e. The van der Waals surface area contributed by atoms with Crippen LogP contribution in [0.1, 0.15) is 23.6 Å². The van der Waals surface area contributed by atoms with Crippen molar-refractivity contribution in [3.8, 4) is 11.5 Å². The van der Waals surface area contributed by atoms with Gasteiger partial charge in [0.25, 0.3) is 17.1 Å². The summed E-state index contributed by atoms with van der Waals surface area (Å²) in [7, 11) is 0. The number of thioether (sulfide) groups is 1.